The Kier molecular flexibility index (Phi) is 5.06. The van der Waals surface area contributed by atoms with Gasteiger partial charge in [-0.05, 0) is 43.9 Å². The van der Waals surface area contributed by atoms with Gasteiger partial charge >= 0.3 is 0 Å². The number of rotatable bonds is 8. The molecule has 3 nitrogen and oxygen atoms in total. The zero-order chi connectivity index (χ0) is 13.8. The fraction of sp³-hybridized carbons (Fsp3) is 0.750. The molecule has 3 heteroatoms. The van der Waals surface area contributed by atoms with Crippen LogP contribution in [0, 0.1) is 12.8 Å². The lowest BCUT2D eigenvalue weighted by molar-refractivity contribution is 0.207. The zero-order valence-corrected chi connectivity index (χ0v) is 12.8. The molecule has 1 fully saturated rings. The van der Waals surface area contributed by atoms with Gasteiger partial charge < -0.3 is 9.73 Å². The number of hydrogen-bond acceptors (Lipinski definition) is 3. The molecule has 0 unspecified atom stereocenters. The third-order valence-electron chi connectivity index (χ3n) is 3.63. The SMILES string of the molecule is CCNCc1oc(CN(CC(C)C)C2CC2)cc1C. The Balaban J connectivity index is 1.96. The first kappa shape index (κ1) is 14.6. The van der Waals surface area contributed by atoms with Crippen molar-refractivity contribution in [1.82, 2.24) is 10.2 Å². The Morgan fingerprint density at radius 3 is 2.74 bits per heavy atom. The highest BCUT2D eigenvalue weighted by atomic mass is 16.3. The molecule has 2 rings (SSSR count). The molecule has 0 atom stereocenters. The summed E-state index contributed by atoms with van der Waals surface area (Å²) in [5, 5.41) is 3.33. The van der Waals surface area contributed by atoms with Crippen LogP contribution in [0.2, 0.25) is 0 Å². The average molecular weight is 264 g/mol. The van der Waals surface area contributed by atoms with Crippen molar-refractivity contribution in [3.8, 4) is 0 Å². The molecule has 1 aromatic rings. The van der Waals surface area contributed by atoms with E-state index in [4.69, 9.17) is 4.42 Å². The second-order valence-corrected chi connectivity index (χ2v) is 6.15. The molecule has 19 heavy (non-hydrogen) atoms. The highest BCUT2D eigenvalue weighted by Gasteiger charge is 2.30. The molecule has 108 valence electrons. The number of nitrogens with zero attached hydrogens (tertiary/aromatic N) is 1. The average Bonchev–Trinajstić information content (AvgIpc) is 3.12. The summed E-state index contributed by atoms with van der Waals surface area (Å²) < 4.78 is 6.00. The summed E-state index contributed by atoms with van der Waals surface area (Å²) in [6.07, 6.45) is 2.72. The van der Waals surface area contributed by atoms with Gasteiger partial charge in [0.2, 0.25) is 0 Å². The summed E-state index contributed by atoms with van der Waals surface area (Å²) in [5.74, 6) is 2.94. The summed E-state index contributed by atoms with van der Waals surface area (Å²) in [6, 6.07) is 3.01. The van der Waals surface area contributed by atoms with Crippen molar-refractivity contribution < 1.29 is 4.42 Å². The summed E-state index contributed by atoms with van der Waals surface area (Å²) in [7, 11) is 0. The topological polar surface area (TPSA) is 28.4 Å². The van der Waals surface area contributed by atoms with E-state index in [1.54, 1.807) is 0 Å². The van der Waals surface area contributed by atoms with E-state index < -0.39 is 0 Å². The monoisotopic (exact) mass is 264 g/mol. The summed E-state index contributed by atoms with van der Waals surface area (Å²) >= 11 is 0. The van der Waals surface area contributed by atoms with Gasteiger partial charge in [0.05, 0.1) is 13.1 Å². The Hall–Kier alpha value is -0.800. The summed E-state index contributed by atoms with van der Waals surface area (Å²) in [4.78, 5) is 2.58. The fourth-order valence-corrected chi connectivity index (χ4v) is 2.53. The number of aryl methyl sites for hydroxylation is 1. The molecular formula is C16H28N2O. The first-order valence-electron chi connectivity index (χ1n) is 7.63. The standard InChI is InChI=1S/C16H28N2O/c1-5-17-9-16-13(4)8-15(19-16)11-18(10-12(2)3)14-6-7-14/h8,12,14,17H,5-7,9-11H2,1-4H3. The Morgan fingerprint density at radius 2 is 2.16 bits per heavy atom. The second kappa shape index (κ2) is 6.58. The molecule has 0 saturated heterocycles. The zero-order valence-electron chi connectivity index (χ0n) is 12.8. The van der Waals surface area contributed by atoms with Gasteiger partial charge in [0, 0.05) is 12.6 Å². The van der Waals surface area contributed by atoms with Crippen LogP contribution in [0.25, 0.3) is 0 Å². The molecule has 1 heterocycles. The van der Waals surface area contributed by atoms with Gasteiger partial charge in [0.25, 0.3) is 0 Å². The van der Waals surface area contributed by atoms with Crippen LogP contribution >= 0.6 is 0 Å². The van der Waals surface area contributed by atoms with Crippen molar-refractivity contribution in [2.75, 3.05) is 13.1 Å². The minimum atomic E-state index is 0.720. The van der Waals surface area contributed by atoms with Gasteiger partial charge in [-0.2, -0.15) is 0 Å². The van der Waals surface area contributed by atoms with Gasteiger partial charge in [-0.15, -0.1) is 0 Å². The van der Waals surface area contributed by atoms with Gasteiger partial charge in [-0.3, -0.25) is 4.90 Å². The highest BCUT2D eigenvalue weighted by molar-refractivity contribution is 5.20. The van der Waals surface area contributed by atoms with E-state index in [1.807, 2.05) is 0 Å². The predicted molar refractivity (Wildman–Crippen MR) is 79.1 cm³/mol. The molecular weight excluding hydrogens is 236 g/mol. The second-order valence-electron chi connectivity index (χ2n) is 6.15. The smallest absolute Gasteiger partial charge is 0.120 e. The number of nitrogens with one attached hydrogen (secondary N) is 1. The molecule has 0 amide bonds. The minimum Gasteiger partial charge on any atom is -0.463 e. The highest BCUT2D eigenvalue weighted by Crippen LogP contribution is 2.29. The first-order valence-corrected chi connectivity index (χ1v) is 7.63. The largest absolute Gasteiger partial charge is 0.463 e. The lowest BCUT2D eigenvalue weighted by Gasteiger charge is -2.22. The molecule has 0 radical (unpaired) electrons. The van der Waals surface area contributed by atoms with Crippen LogP contribution in [0.4, 0.5) is 0 Å². The van der Waals surface area contributed by atoms with E-state index in [2.05, 4.69) is 44.0 Å². The lowest BCUT2D eigenvalue weighted by Crippen LogP contribution is -2.29. The molecule has 1 N–H and O–H groups in total. The molecule has 0 bridgehead atoms. The van der Waals surface area contributed by atoms with Crippen molar-refractivity contribution >= 4 is 0 Å². The van der Waals surface area contributed by atoms with Crippen molar-refractivity contribution in [1.29, 1.82) is 0 Å². The molecule has 1 saturated carbocycles. The predicted octanol–water partition coefficient (Wildman–Crippen LogP) is 3.32. The molecule has 1 aromatic heterocycles. The van der Waals surface area contributed by atoms with E-state index in [1.165, 1.54) is 24.9 Å². The van der Waals surface area contributed by atoms with Crippen LogP contribution in [0.5, 0.6) is 0 Å². The molecule has 1 aliphatic rings. The van der Waals surface area contributed by atoms with Crippen LogP contribution in [0.3, 0.4) is 0 Å². The van der Waals surface area contributed by atoms with Gasteiger partial charge in [0.1, 0.15) is 11.5 Å². The normalized spacial score (nSPS) is 15.7. The summed E-state index contributed by atoms with van der Waals surface area (Å²) in [5.41, 5.74) is 1.27. The maximum atomic E-state index is 6.00. The van der Waals surface area contributed by atoms with Crippen LogP contribution in [-0.4, -0.2) is 24.0 Å². The third kappa shape index (κ3) is 4.36. The number of furan rings is 1. The maximum Gasteiger partial charge on any atom is 0.120 e. The van der Waals surface area contributed by atoms with Gasteiger partial charge in [-0.25, -0.2) is 0 Å². The van der Waals surface area contributed by atoms with Gasteiger partial charge in [-0.1, -0.05) is 20.8 Å². The number of hydrogen-bond donors (Lipinski definition) is 1. The maximum absolute atomic E-state index is 6.00. The van der Waals surface area contributed by atoms with Gasteiger partial charge in [0.15, 0.2) is 0 Å². The molecule has 0 aliphatic heterocycles. The van der Waals surface area contributed by atoms with E-state index in [0.29, 0.717) is 0 Å². The van der Waals surface area contributed by atoms with E-state index >= 15 is 0 Å². The Labute approximate surface area is 117 Å². The summed E-state index contributed by atoms with van der Waals surface area (Å²) in [6.45, 7) is 12.8. The van der Waals surface area contributed by atoms with Crippen molar-refractivity contribution in [3.63, 3.8) is 0 Å². The lowest BCUT2D eigenvalue weighted by atomic mass is 10.2. The van der Waals surface area contributed by atoms with Crippen LogP contribution < -0.4 is 5.32 Å². The minimum absolute atomic E-state index is 0.720. The first-order chi connectivity index (χ1) is 9.10. The Bertz CT molecular complexity index is 393. The van der Waals surface area contributed by atoms with Crippen molar-refractivity contribution in [3.05, 3.63) is 23.2 Å². The third-order valence-corrected chi connectivity index (χ3v) is 3.63. The van der Waals surface area contributed by atoms with Crippen LogP contribution in [-0.2, 0) is 13.1 Å². The molecule has 1 aliphatic carbocycles. The fourth-order valence-electron chi connectivity index (χ4n) is 2.53. The Morgan fingerprint density at radius 1 is 1.42 bits per heavy atom. The molecule has 0 aromatic carbocycles. The van der Waals surface area contributed by atoms with E-state index in [-0.39, 0.29) is 0 Å². The van der Waals surface area contributed by atoms with Crippen molar-refractivity contribution in [2.24, 2.45) is 5.92 Å². The molecule has 0 spiro atoms. The van der Waals surface area contributed by atoms with Crippen LogP contribution in [0.15, 0.2) is 10.5 Å². The van der Waals surface area contributed by atoms with Crippen molar-refractivity contribution in [2.45, 2.75) is 59.7 Å². The van der Waals surface area contributed by atoms with Crippen LogP contribution in [0.1, 0.15) is 50.7 Å². The van der Waals surface area contributed by atoms with E-state index in [9.17, 15) is 0 Å². The quantitative estimate of drug-likeness (QED) is 0.781. The van der Waals surface area contributed by atoms with E-state index in [0.717, 1.165) is 43.1 Å².